The van der Waals surface area contributed by atoms with Crippen molar-refractivity contribution in [2.24, 2.45) is 0 Å². The van der Waals surface area contributed by atoms with Gasteiger partial charge in [-0.05, 0) is 48.0 Å². The summed E-state index contributed by atoms with van der Waals surface area (Å²) in [6.07, 6.45) is 3.93. The fourth-order valence-corrected chi connectivity index (χ4v) is 3.85. The van der Waals surface area contributed by atoms with Crippen LogP contribution in [0.25, 0.3) is 23.1 Å². The molecule has 0 fully saturated rings. The summed E-state index contributed by atoms with van der Waals surface area (Å²) in [6, 6.07) is 27.0. The van der Waals surface area contributed by atoms with Gasteiger partial charge in [0.1, 0.15) is 10.8 Å². The SMILES string of the molecule is O=C(c1cccc(NC(=O)c2cccc(Cl)n2)c1)c1ccc2c(/C=C/c3ccccc3)n[nH]c2c1. The van der Waals surface area contributed by atoms with Gasteiger partial charge >= 0.3 is 0 Å². The zero-order valence-corrected chi connectivity index (χ0v) is 19.2. The molecule has 0 aliphatic rings. The summed E-state index contributed by atoms with van der Waals surface area (Å²) in [5.74, 6) is -0.577. The number of anilines is 1. The van der Waals surface area contributed by atoms with Crippen LogP contribution in [0.5, 0.6) is 0 Å². The lowest BCUT2D eigenvalue weighted by atomic mass is 10.0. The molecule has 0 unspecified atom stereocenters. The Bertz CT molecular complexity index is 1570. The summed E-state index contributed by atoms with van der Waals surface area (Å²) in [7, 11) is 0. The average Bonchev–Trinajstić information content (AvgIpc) is 3.30. The standard InChI is InChI=1S/C28H19ClN4O2/c29-26-11-5-10-24(31-26)28(35)30-21-9-4-8-19(16-21)27(34)20-13-14-22-23(32-33-25(22)17-20)15-12-18-6-2-1-3-7-18/h1-17H,(H,30,35)(H,32,33)/b15-12+. The summed E-state index contributed by atoms with van der Waals surface area (Å²) in [5, 5.41) is 11.3. The van der Waals surface area contributed by atoms with Crippen molar-refractivity contribution in [1.82, 2.24) is 15.2 Å². The van der Waals surface area contributed by atoms with Gasteiger partial charge < -0.3 is 5.32 Å². The van der Waals surface area contributed by atoms with Gasteiger partial charge in [0.25, 0.3) is 5.91 Å². The highest BCUT2D eigenvalue weighted by atomic mass is 35.5. The van der Waals surface area contributed by atoms with E-state index in [-0.39, 0.29) is 16.6 Å². The molecule has 5 aromatic rings. The third-order valence-corrected chi connectivity index (χ3v) is 5.63. The van der Waals surface area contributed by atoms with Crippen LogP contribution in [0.1, 0.15) is 37.7 Å². The van der Waals surface area contributed by atoms with Gasteiger partial charge in [0.15, 0.2) is 5.78 Å². The Balaban J connectivity index is 1.35. The number of amides is 1. The number of aromatic amines is 1. The van der Waals surface area contributed by atoms with Crippen LogP contribution in [-0.4, -0.2) is 26.9 Å². The maximum absolute atomic E-state index is 13.2. The summed E-state index contributed by atoms with van der Waals surface area (Å²) >= 11 is 5.87. The first-order valence-electron chi connectivity index (χ1n) is 10.9. The maximum Gasteiger partial charge on any atom is 0.274 e. The highest BCUT2D eigenvalue weighted by Gasteiger charge is 2.14. The molecule has 0 saturated heterocycles. The molecule has 0 spiro atoms. The Labute approximate surface area is 206 Å². The van der Waals surface area contributed by atoms with E-state index < -0.39 is 5.91 Å². The third kappa shape index (κ3) is 5.03. The number of halogens is 1. The number of carbonyl (C=O) groups is 2. The number of ketones is 1. The largest absolute Gasteiger partial charge is 0.321 e. The topological polar surface area (TPSA) is 87.7 Å². The molecule has 6 nitrogen and oxygen atoms in total. The smallest absolute Gasteiger partial charge is 0.274 e. The zero-order chi connectivity index (χ0) is 24.2. The molecular formula is C28H19ClN4O2. The number of hydrogen-bond acceptors (Lipinski definition) is 4. The van der Waals surface area contributed by atoms with E-state index >= 15 is 0 Å². The molecule has 2 aromatic heterocycles. The van der Waals surface area contributed by atoms with Gasteiger partial charge in [-0.2, -0.15) is 5.10 Å². The molecule has 2 N–H and O–H groups in total. The monoisotopic (exact) mass is 478 g/mol. The van der Waals surface area contributed by atoms with Gasteiger partial charge in [-0.3, -0.25) is 14.7 Å². The van der Waals surface area contributed by atoms with Gasteiger partial charge in [-0.25, -0.2) is 4.98 Å². The Morgan fingerprint density at radius 2 is 1.63 bits per heavy atom. The van der Waals surface area contributed by atoms with Crippen molar-refractivity contribution >= 4 is 52.0 Å². The van der Waals surface area contributed by atoms with Crippen LogP contribution in [0.2, 0.25) is 5.15 Å². The minimum Gasteiger partial charge on any atom is -0.321 e. The predicted molar refractivity (Wildman–Crippen MR) is 139 cm³/mol. The number of nitrogens with zero attached hydrogens (tertiary/aromatic N) is 2. The van der Waals surface area contributed by atoms with E-state index in [2.05, 4.69) is 20.5 Å². The summed E-state index contributed by atoms with van der Waals surface area (Å²) in [4.78, 5) is 29.7. The molecule has 3 aromatic carbocycles. The second kappa shape index (κ2) is 9.75. The van der Waals surface area contributed by atoms with E-state index in [4.69, 9.17) is 11.6 Å². The Hall–Kier alpha value is -4.55. The first-order valence-corrected chi connectivity index (χ1v) is 11.2. The number of nitrogens with one attached hydrogen (secondary N) is 2. The Kier molecular flexibility index (Phi) is 6.20. The molecule has 5 rings (SSSR count). The molecule has 0 aliphatic carbocycles. The number of hydrogen-bond donors (Lipinski definition) is 2. The lowest BCUT2D eigenvalue weighted by Gasteiger charge is -2.07. The molecule has 0 bridgehead atoms. The van der Waals surface area contributed by atoms with Gasteiger partial charge in [0.2, 0.25) is 0 Å². The molecule has 1 amide bonds. The third-order valence-electron chi connectivity index (χ3n) is 5.42. The van der Waals surface area contributed by atoms with Gasteiger partial charge in [-0.15, -0.1) is 0 Å². The molecule has 7 heteroatoms. The molecule has 2 heterocycles. The lowest BCUT2D eigenvalue weighted by Crippen LogP contribution is -2.14. The summed E-state index contributed by atoms with van der Waals surface area (Å²) < 4.78 is 0. The predicted octanol–water partition coefficient (Wildman–Crippen LogP) is 6.27. The van der Waals surface area contributed by atoms with Crippen molar-refractivity contribution in [3.05, 3.63) is 124 Å². The highest BCUT2D eigenvalue weighted by Crippen LogP contribution is 2.22. The minimum absolute atomic E-state index is 0.167. The van der Waals surface area contributed by atoms with E-state index in [1.165, 1.54) is 0 Å². The van der Waals surface area contributed by atoms with Gasteiger partial charge in [-0.1, -0.05) is 72.3 Å². The summed E-state index contributed by atoms with van der Waals surface area (Å²) in [6.45, 7) is 0. The molecule has 0 saturated carbocycles. The zero-order valence-electron chi connectivity index (χ0n) is 18.4. The Morgan fingerprint density at radius 1 is 0.829 bits per heavy atom. The average molecular weight is 479 g/mol. The molecular weight excluding hydrogens is 460 g/mol. The molecule has 35 heavy (non-hydrogen) atoms. The number of benzene rings is 3. The van der Waals surface area contributed by atoms with Crippen LogP contribution < -0.4 is 5.32 Å². The fourth-order valence-electron chi connectivity index (χ4n) is 3.68. The fraction of sp³-hybridized carbons (Fsp3) is 0. The van der Waals surface area contributed by atoms with E-state index in [1.807, 2.05) is 48.6 Å². The molecule has 0 radical (unpaired) electrons. The van der Waals surface area contributed by atoms with Crippen LogP contribution >= 0.6 is 11.6 Å². The normalized spacial score (nSPS) is 11.1. The number of carbonyl (C=O) groups excluding carboxylic acids is 2. The van der Waals surface area contributed by atoms with E-state index in [1.54, 1.807) is 54.6 Å². The Morgan fingerprint density at radius 3 is 2.46 bits per heavy atom. The van der Waals surface area contributed by atoms with E-state index in [0.29, 0.717) is 16.8 Å². The number of pyridine rings is 1. The lowest BCUT2D eigenvalue weighted by molar-refractivity contribution is 0.101. The second-order valence-corrected chi connectivity index (χ2v) is 8.21. The molecule has 170 valence electrons. The molecule has 0 atom stereocenters. The van der Waals surface area contributed by atoms with Gasteiger partial charge in [0.05, 0.1) is 11.2 Å². The van der Waals surface area contributed by atoms with E-state index in [9.17, 15) is 9.59 Å². The minimum atomic E-state index is -0.410. The van der Waals surface area contributed by atoms with Crippen LogP contribution in [0.3, 0.4) is 0 Å². The van der Waals surface area contributed by atoms with Crippen LogP contribution in [-0.2, 0) is 0 Å². The number of H-pyrrole nitrogens is 1. The highest BCUT2D eigenvalue weighted by molar-refractivity contribution is 6.29. The van der Waals surface area contributed by atoms with Crippen molar-refractivity contribution in [2.75, 3.05) is 5.32 Å². The molecule has 0 aliphatic heterocycles. The number of aromatic nitrogens is 3. The van der Waals surface area contributed by atoms with Gasteiger partial charge in [0, 0.05) is 22.2 Å². The van der Waals surface area contributed by atoms with Crippen molar-refractivity contribution in [2.45, 2.75) is 0 Å². The first kappa shape index (κ1) is 22.3. The maximum atomic E-state index is 13.2. The quantitative estimate of drug-likeness (QED) is 0.222. The van der Waals surface area contributed by atoms with Crippen LogP contribution in [0, 0.1) is 0 Å². The van der Waals surface area contributed by atoms with Crippen LogP contribution in [0.4, 0.5) is 5.69 Å². The van der Waals surface area contributed by atoms with Crippen molar-refractivity contribution in [3.63, 3.8) is 0 Å². The van der Waals surface area contributed by atoms with Crippen molar-refractivity contribution in [1.29, 1.82) is 0 Å². The number of fused-ring (bicyclic) bond motifs is 1. The van der Waals surface area contributed by atoms with Crippen molar-refractivity contribution < 1.29 is 9.59 Å². The van der Waals surface area contributed by atoms with Crippen molar-refractivity contribution in [3.8, 4) is 0 Å². The number of rotatable bonds is 6. The van der Waals surface area contributed by atoms with Crippen LogP contribution in [0.15, 0.2) is 91.0 Å². The summed E-state index contributed by atoms with van der Waals surface area (Å²) in [5.41, 5.74) is 4.27. The second-order valence-electron chi connectivity index (χ2n) is 7.82. The van der Waals surface area contributed by atoms with E-state index in [0.717, 1.165) is 22.2 Å². The first-order chi connectivity index (χ1) is 17.1.